The van der Waals surface area contributed by atoms with Crippen LogP contribution in [0, 0.1) is 11.8 Å². The lowest BCUT2D eigenvalue weighted by atomic mass is 9.99. The van der Waals surface area contributed by atoms with Crippen molar-refractivity contribution in [3.05, 3.63) is 0 Å². The second kappa shape index (κ2) is 4.61. The minimum Gasteiger partial charge on any atom is -0.481 e. The molecule has 0 aromatic heterocycles. The van der Waals surface area contributed by atoms with Crippen molar-refractivity contribution in [2.24, 2.45) is 11.8 Å². The molecule has 0 saturated carbocycles. The average Bonchev–Trinajstić information content (AvgIpc) is 2.04. The number of rotatable bonds is 3. The summed E-state index contributed by atoms with van der Waals surface area (Å²) in [6, 6.07) is 0. The molecule has 13 heavy (non-hydrogen) atoms. The van der Waals surface area contributed by atoms with Gasteiger partial charge in [-0.3, -0.25) is 4.79 Å². The van der Waals surface area contributed by atoms with E-state index in [0.717, 1.165) is 19.0 Å². The zero-order chi connectivity index (χ0) is 9.84. The third kappa shape index (κ3) is 3.35. The standard InChI is InChI=1S/C10H19NO2/c1-8-4-3-5-11(6-8)7-9(2)10(12)13/h8-9H,3-7H2,1-2H3,(H,12,13)/t8-,9-/m0/s1. The van der Waals surface area contributed by atoms with Crippen LogP contribution < -0.4 is 0 Å². The second-order valence-electron chi connectivity index (χ2n) is 4.25. The number of carboxylic acids is 1. The highest BCUT2D eigenvalue weighted by Gasteiger charge is 2.20. The number of carboxylic acid groups (broad SMARTS) is 1. The van der Waals surface area contributed by atoms with E-state index in [1.165, 1.54) is 12.8 Å². The van der Waals surface area contributed by atoms with Gasteiger partial charge in [0, 0.05) is 13.1 Å². The van der Waals surface area contributed by atoms with Gasteiger partial charge in [0.05, 0.1) is 5.92 Å². The molecule has 1 rings (SSSR count). The number of nitrogens with zero attached hydrogens (tertiary/aromatic N) is 1. The SMILES string of the molecule is C[C@H]1CCCN(C[C@H](C)C(=O)O)C1. The molecule has 3 nitrogen and oxygen atoms in total. The van der Waals surface area contributed by atoms with Crippen LogP contribution in [0.2, 0.25) is 0 Å². The highest BCUT2D eigenvalue weighted by molar-refractivity contribution is 5.69. The lowest BCUT2D eigenvalue weighted by Crippen LogP contribution is -2.38. The molecule has 1 aliphatic rings. The summed E-state index contributed by atoms with van der Waals surface area (Å²) < 4.78 is 0. The van der Waals surface area contributed by atoms with Gasteiger partial charge in [-0.25, -0.2) is 0 Å². The molecule has 0 spiro atoms. The summed E-state index contributed by atoms with van der Waals surface area (Å²) in [4.78, 5) is 12.9. The van der Waals surface area contributed by atoms with E-state index in [-0.39, 0.29) is 5.92 Å². The van der Waals surface area contributed by atoms with E-state index in [2.05, 4.69) is 11.8 Å². The first-order chi connectivity index (χ1) is 6.09. The summed E-state index contributed by atoms with van der Waals surface area (Å²) in [5, 5.41) is 8.75. The molecule has 0 aromatic carbocycles. The van der Waals surface area contributed by atoms with Gasteiger partial charge in [-0.2, -0.15) is 0 Å². The van der Waals surface area contributed by atoms with Gasteiger partial charge in [-0.05, 0) is 25.3 Å². The third-order valence-electron chi connectivity index (χ3n) is 2.69. The summed E-state index contributed by atoms with van der Waals surface area (Å²) in [5.74, 6) is -0.182. The Morgan fingerprint density at radius 3 is 2.92 bits per heavy atom. The predicted octanol–water partition coefficient (Wildman–Crippen LogP) is 1.44. The minimum atomic E-state index is -0.682. The first-order valence-electron chi connectivity index (χ1n) is 5.04. The molecule has 0 radical (unpaired) electrons. The van der Waals surface area contributed by atoms with Crippen molar-refractivity contribution in [1.29, 1.82) is 0 Å². The lowest BCUT2D eigenvalue weighted by Gasteiger charge is -2.31. The molecule has 0 unspecified atom stereocenters. The molecule has 1 aliphatic heterocycles. The van der Waals surface area contributed by atoms with E-state index in [1.807, 2.05) is 0 Å². The highest BCUT2D eigenvalue weighted by Crippen LogP contribution is 2.16. The van der Waals surface area contributed by atoms with E-state index in [9.17, 15) is 4.79 Å². The van der Waals surface area contributed by atoms with Gasteiger partial charge in [0.25, 0.3) is 0 Å². The van der Waals surface area contributed by atoms with Gasteiger partial charge in [0.2, 0.25) is 0 Å². The van der Waals surface area contributed by atoms with Crippen molar-refractivity contribution >= 4 is 5.97 Å². The number of likely N-dealkylation sites (tertiary alicyclic amines) is 1. The molecule has 76 valence electrons. The van der Waals surface area contributed by atoms with Gasteiger partial charge < -0.3 is 10.0 Å². The lowest BCUT2D eigenvalue weighted by molar-refractivity contribution is -0.141. The molecule has 0 aliphatic carbocycles. The molecule has 1 N–H and O–H groups in total. The summed E-state index contributed by atoms with van der Waals surface area (Å²) >= 11 is 0. The Kier molecular flexibility index (Phi) is 3.72. The molecule has 1 saturated heterocycles. The maximum atomic E-state index is 10.6. The van der Waals surface area contributed by atoms with Crippen LogP contribution in [0.4, 0.5) is 0 Å². The van der Waals surface area contributed by atoms with Gasteiger partial charge in [-0.1, -0.05) is 13.8 Å². The smallest absolute Gasteiger partial charge is 0.307 e. The topological polar surface area (TPSA) is 40.5 Å². The fourth-order valence-electron chi connectivity index (χ4n) is 1.92. The Labute approximate surface area is 79.7 Å². The van der Waals surface area contributed by atoms with E-state index in [0.29, 0.717) is 6.54 Å². The maximum absolute atomic E-state index is 10.6. The molecule has 1 heterocycles. The quantitative estimate of drug-likeness (QED) is 0.723. The Hall–Kier alpha value is -0.570. The Balaban J connectivity index is 2.31. The number of piperidine rings is 1. The van der Waals surface area contributed by atoms with Crippen molar-refractivity contribution in [3.8, 4) is 0 Å². The largest absolute Gasteiger partial charge is 0.481 e. The molecular weight excluding hydrogens is 166 g/mol. The molecule has 0 aromatic rings. The van der Waals surface area contributed by atoms with Gasteiger partial charge >= 0.3 is 5.97 Å². The number of aliphatic carboxylic acids is 1. The van der Waals surface area contributed by atoms with Crippen LogP contribution in [0.3, 0.4) is 0 Å². The van der Waals surface area contributed by atoms with Crippen molar-refractivity contribution in [3.63, 3.8) is 0 Å². The summed E-state index contributed by atoms with van der Waals surface area (Å²) in [6.07, 6.45) is 2.51. The summed E-state index contributed by atoms with van der Waals surface area (Å²) in [6.45, 7) is 6.86. The maximum Gasteiger partial charge on any atom is 0.307 e. The summed E-state index contributed by atoms with van der Waals surface area (Å²) in [7, 11) is 0. The zero-order valence-electron chi connectivity index (χ0n) is 8.49. The average molecular weight is 185 g/mol. The van der Waals surface area contributed by atoms with Crippen molar-refractivity contribution in [2.75, 3.05) is 19.6 Å². The highest BCUT2D eigenvalue weighted by atomic mass is 16.4. The van der Waals surface area contributed by atoms with Crippen LogP contribution in [-0.2, 0) is 4.79 Å². The molecule has 2 atom stereocenters. The monoisotopic (exact) mass is 185 g/mol. The van der Waals surface area contributed by atoms with Crippen LogP contribution in [0.15, 0.2) is 0 Å². The zero-order valence-corrected chi connectivity index (χ0v) is 8.49. The summed E-state index contributed by atoms with van der Waals surface area (Å²) in [5.41, 5.74) is 0. The molecule has 0 amide bonds. The van der Waals surface area contributed by atoms with E-state index in [1.54, 1.807) is 6.92 Å². The third-order valence-corrected chi connectivity index (χ3v) is 2.69. The first-order valence-corrected chi connectivity index (χ1v) is 5.04. The van der Waals surface area contributed by atoms with Gasteiger partial charge in [-0.15, -0.1) is 0 Å². The first kappa shape index (κ1) is 10.5. The van der Waals surface area contributed by atoms with Crippen LogP contribution in [0.1, 0.15) is 26.7 Å². The molecular formula is C10H19NO2. The molecule has 1 fully saturated rings. The Morgan fingerprint density at radius 2 is 2.38 bits per heavy atom. The van der Waals surface area contributed by atoms with Crippen LogP contribution in [-0.4, -0.2) is 35.6 Å². The van der Waals surface area contributed by atoms with Crippen LogP contribution in [0.25, 0.3) is 0 Å². The van der Waals surface area contributed by atoms with E-state index < -0.39 is 5.97 Å². The van der Waals surface area contributed by atoms with Crippen LogP contribution in [0.5, 0.6) is 0 Å². The second-order valence-corrected chi connectivity index (χ2v) is 4.25. The predicted molar refractivity (Wildman–Crippen MR) is 51.6 cm³/mol. The fourth-order valence-corrected chi connectivity index (χ4v) is 1.92. The van der Waals surface area contributed by atoms with Crippen molar-refractivity contribution in [2.45, 2.75) is 26.7 Å². The van der Waals surface area contributed by atoms with Crippen molar-refractivity contribution in [1.82, 2.24) is 4.90 Å². The van der Waals surface area contributed by atoms with Crippen LogP contribution >= 0.6 is 0 Å². The normalized spacial score (nSPS) is 27.1. The van der Waals surface area contributed by atoms with E-state index >= 15 is 0 Å². The molecule has 0 bridgehead atoms. The Morgan fingerprint density at radius 1 is 1.69 bits per heavy atom. The number of carbonyl (C=O) groups is 1. The Bertz CT molecular complexity index is 182. The van der Waals surface area contributed by atoms with Crippen molar-refractivity contribution < 1.29 is 9.90 Å². The van der Waals surface area contributed by atoms with E-state index in [4.69, 9.17) is 5.11 Å². The van der Waals surface area contributed by atoms with Gasteiger partial charge in [0.1, 0.15) is 0 Å². The molecule has 3 heteroatoms. The van der Waals surface area contributed by atoms with Gasteiger partial charge in [0.15, 0.2) is 0 Å². The number of hydrogen-bond acceptors (Lipinski definition) is 2. The minimum absolute atomic E-state index is 0.231. The number of hydrogen-bond donors (Lipinski definition) is 1. The fraction of sp³-hybridized carbons (Fsp3) is 0.900.